The van der Waals surface area contributed by atoms with Gasteiger partial charge in [-0.3, -0.25) is 4.79 Å². The van der Waals surface area contributed by atoms with Gasteiger partial charge in [-0.2, -0.15) is 0 Å². The van der Waals surface area contributed by atoms with Crippen LogP contribution in [0.5, 0.6) is 0 Å². The first-order chi connectivity index (χ1) is 15.0. The number of halogens is 1. The Hall–Kier alpha value is -3.17. The molecule has 0 saturated heterocycles. The summed E-state index contributed by atoms with van der Waals surface area (Å²) >= 11 is 7.39. The lowest BCUT2D eigenvalue weighted by atomic mass is 10.2. The number of rotatable bonds is 7. The highest BCUT2D eigenvalue weighted by Gasteiger charge is 2.16. The molecule has 0 bridgehead atoms. The van der Waals surface area contributed by atoms with E-state index < -0.39 is 0 Å². The Balaban J connectivity index is 1.50. The Morgan fingerprint density at radius 2 is 1.90 bits per heavy atom. The quantitative estimate of drug-likeness (QED) is 0.395. The first-order valence-corrected chi connectivity index (χ1v) is 10.9. The number of amides is 1. The zero-order chi connectivity index (χ0) is 21.8. The second kappa shape index (κ2) is 9.32. The van der Waals surface area contributed by atoms with Crippen molar-refractivity contribution in [2.45, 2.75) is 31.3 Å². The molecule has 0 atom stereocenters. The molecular formula is C21H19ClN6O2S. The molecule has 4 rings (SSSR count). The molecule has 10 heteroatoms. The largest absolute Gasteiger partial charge is 0.420 e. The smallest absolute Gasteiger partial charge is 0.247 e. The predicted octanol–water partition coefficient (Wildman–Crippen LogP) is 4.92. The van der Waals surface area contributed by atoms with E-state index >= 15 is 0 Å². The fourth-order valence-corrected chi connectivity index (χ4v) is 3.95. The average Bonchev–Trinajstić information content (AvgIpc) is 3.39. The van der Waals surface area contributed by atoms with Crippen LogP contribution in [-0.2, 0) is 17.1 Å². The summed E-state index contributed by atoms with van der Waals surface area (Å²) in [4.78, 5) is 11.3. The summed E-state index contributed by atoms with van der Waals surface area (Å²) in [6, 6.07) is 14.8. The number of benzene rings is 2. The van der Waals surface area contributed by atoms with Crippen LogP contribution in [0.25, 0.3) is 22.8 Å². The average molecular weight is 455 g/mol. The van der Waals surface area contributed by atoms with Gasteiger partial charge in [0, 0.05) is 35.3 Å². The van der Waals surface area contributed by atoms with Crippen molar-refractivity contribution in [3.8, 4) is 22.8 Å². The summed E-state index contributed by atoms with van der Waals surface area (Å²) in [6.45, 7) is 4.20. The van der Waals surface area contributed by atoms with E-state index in [1.807, 2.05) is 47.9 Å². The second-order valence-corrected chi connectivity index (χ2v) is 7.99. The third kappa shape index (κ3) is 4.95. The number of carbonyl (C=O) groups excluding carboxylic acids is 1. The van der Waals surface area contributed by atoms with Gasteiger partial charge in [0.05, 0.1) is 5.75 Å². The van der Waals surface area contributed by atoms with Gasteiger partial charge < -0.3 is 14.3 Å². The molecule has 1 N–H and O–H groups in total. The van der Waals surface area contributed by atoms with E-state index in [0.29, 0.717) is 34.8 Å². The standard InChI is InChI=1S/C21H19ClN6O2S/c1-3-28-19(15-5-4-6-17(11-15)23-13(2)29)25-27-21(28)31-12-18-24-26-20(30-18)14-7-9-16(22)10-8-14/h4-11H,3,12H2,1-2H3,(H,23,29). The van der Waals surface area contributed by atoms with Crippen LogP contribution in [-0.4, -0.2) is 30.9 Å². The molecule has 2 heterocycles. The predicted molar refractivity (Wildman–Crippen MR) is 120 cm³/mol. The molecule has 0 unspecified atom stereocenters. The molecule has 0 radical (unpaired) electrons. The lowest BCUT2D eigenvalue weighted by molar-refractivity contribution is -0.114. The van der Waals surface area contributed by atoms with E-state index in [9.17, 15) is 4.79 Å². The van der Waals surface area contributed by atoms with Crippen molar-refractivity contribution in [1.82, 2.24) is 25.0 Å². The summed E-state index contributed by atoms with van der Waals surface area (Å²) in [7, 11) is 0. The summed E-state index contributed by atoms with van der Waals surface area (Å²) in [6.07, 6.45) is 0. The van der Waals surface area contributed by atoms with Crippen LogP contribution in [0.15, 0.2) is 58.1 Å². The van der Waals surface area contributed by atoms with Gasteiger partial charge in [0.15, 0.2) is 11.0 Å². The Bertz CT molecular complexity index is 1200. The zero-order valence-electron chi connectivity index (χ0n) is 16.9. The highest BCUT2D eigenvalue weighted by atomic mass is 35.5. The van der Waals surface area contributed by atoms with Gasteiger partial charge in [-0.15, -0.1) is 20.4 Å². The fourth-order valence-electron chi connectivity index (χ4n) is 2.98. The Labute approximate surface area is 188 Å². The minimum absolute atomic E-state index is 0.122. The maximum absolute atomic E-state index is 11.3. The van der Waals surface area contributed by atoms with Crippen molar-refractivity contribution in [2.75, 3.05) is 5.32 Å². The number of hydrogen-bond donors (Lipinski definition) is 1. The first-order valence-electron chi connectivity index (χ1n) is 9.56. The molecule has 2 aromatic carbocycles. The van der Waals surface area contributed by atoms with Crippen molar-refractivity contribution in [3.05, 3.63) is 59.4 Å². The number of carbonyl (C=O) groups is 1. The molecule has 2 aromatic heterocycles. The van der Waals surface area contributed by atoms with Crippen molar-refractivity contribution in [3.63, 3.8) is 0 Å². The molecule has 0 aliphatic carbocycles. The molecule has 158 valence electrons. The van der Waals surface area contributed by atoms with E-state index in [4.69, 9.17) is 16.0 Å². The SMILES string of the molecule is CCn1c(SCc2nnc(-c3ccc(Cl)cc3)o2)nnc1-c1cccc(NC(C)=O)c1. The normalized spacial score (nSPS) is 10.9. The highest BCUT2D eigenvalue weighted by Crippen LogP contribution is 2.28. The van der Waals surface area contributed by atoms with Gasteiger partial charge in [0.25, 0.3) is 0 Å². The molecule has 0 aliphatic rings. The number of thioether (sulfide) groups is 1. The molecule has 31 heavy (non-hydrogen) atoms. The van der Waals surface area contributed by atoms with Crippen LogP contribution < -0.4 is 5.32 Å². The molecular weight excluding hydrogens is 436 g/mol. The summed E-state index contributed by atoms with van der Waals surface area (Å²) in [5, 5.41) is 21.1. The van der Waals surface area contributed by atoms with Crippen molar-refractivity contribution >= 4 is 35.0 Å². The van der Waals surface area contributed by atoms with E-state index in [1.54, 1.807) is 12.1 Å². The maximum Gasteiger partial charge on any atom is 0.247 e. The van der Waals surface area contributed by atoms with Gasteiger partial charge in [-0.1, -0.05) is 35.5 Å². The van der Waals surface area contributed by atoms with Crippen LogP contribution in [0.1, 0.15) is 19.7 Å². The van der Waals surface area contributed by atoms with Crippen LogP contribution in [0.3, 0.4) is 0 Å². The highest BCUT2D eigenvalue weighted by molar-refractivity contribution is 7.98. The molecule has 0 spiro atoms. The number of nitrogens with one attached hydrogen (secondary N) is 1. The van der Waals surface area contributed by atoms with Crippen molar-refractivity contribution < 1.29 is 9.21 Å². The van der Waals surface area contributed by atoms with Crippen LogP contribution >= 0.6 is 23.4 Å². The number of nitrogens with zero attached hydrogens (tertiary/aromatic N) is 5. The Morgan fingerprint density at radius 1 is 1.10 bits per heavy atom. The fraction of sp³-hybridized carbons (Fsp3) is 0.190. The van der Waals surface area contributed by atoms with Crippen molar-refractivity contribution in [1.29, 1.82) is 0 Å². The molecule has 0 fully saturated rings. The third-order valence-corrected chi connectivity index (χ3v) is 5.56. The van der Waals surface area contributed by atoms with E-state index in [2.05, 4.69) is 25.7 Å². The molecule has 4 aromatic rings. The molecule has 0 aliphatic heterocycles. The molecule has 1 amide bonds. The molecule has 8 nitrogen and oxygen atoms in total. The van der Waals surface area contributed by atoms with Gasteiger partial charge in [-0.25, -0.2) is 0 Å². The lowest BCUT2D eigenvalue weighted by Gasteiger charge is -2.08. The monoisotopic (exact) mass is 454 g/mol. The van der Waals surface area contributed by atoms with Crippen LogP contribution in [0, 0.1) is 0 Å². The van der Waals surface area contributed by atoms with Gasteiger partial charge in [0.2, 0.25) is 17.7 Å². The van der Waals surface area contributed by atoms with Crippen LogP contribution in [0.2, 0.25) is 5.02 Å². The topological polar surface area (TPSA) is 98.7 Å². The Kier molecular flexibility index (Phi) is 6.34. The van der Waals surface area contributed by atoms with Crippen LogP contribution in [0.4, 0.5) is 5.69 Å². The van der Waals surface area contributed by atoms with E-state index in [1.165, 1.54) is 18.7 Å². The summed E-state index contributed by atoms with van der Waals surface area (Å²) < 4.78 is 7.77. The van der Waals surface area contributed by atoms with Gasteiger partial charge >= 0.3 is 0 Å². The number of anilines is 1. The van der Waals surface area contributed by atoms with E-state index in [0.717, 1.165) is 22.1 Å². The second-order valence-electron chi connectivity index (χ2n) is 6.61. The summed E-state index contributed by atoms with van der Waals surface area (Å²) in [5.74, 6) is 2.01. The van der Waals surface area contributed by atoms with Gasteiger partial charge in [0.1, 0.15) is 0 Å². The minimum atomic E-state index is -0.122. The lowest BCUT2D eigenvalue weighted by Crippen LogP contribution is -2.06. The Morgan fingerprint density at radius 3 is 2.65 bits per heavy atom. The van der Waals surface area contributed by atoms with Crippen molar-refractivity contribution in [2.24, 2.45) is 0 Å². The third-order valence-electron chi connectivity index (χ3n) is 4.36. The minimum Gasteiger partial charge on any atom is -0.420 e. The maximum atomic E-state index is 11.3. The summed E-state index contributed by atoms with van der Waals surface area (Å²) in [5.41, 5.74) is 2.40. The molecule has 0 saturated carbocycles. The zero-order valence-corrected chi connectivity index (χ0v) is 18.4. The number of aromatic nitrogens is 5. The van der Waals surface area contributed by atoms with Gasteiger partial charge in [-0.05, 0) is 43.3 Å². The number of hydrogen-bond acceptors (Lipinski definition) is 7. The first kappa shape index (κ1) is 21.1. The van der Waals surface area contributed by atoms with E-state index in [-0.39, 0.29) is 5.91 Å².